The molecule has 0 radical (unpaired) electrons. The summed E-state index contributed by atoms with van der Waals surface area (Å²) >= 11 is 0. The second kappa shape index (κ2) is 14.9. The number of hydrogen-bond acceptors (Lipinski definition) is 9. The van der Waals surface area contributed by atoms with E-state index in [1.165, 1.54) is 27.7 Å². The van der Waals surface area contributed by atoms with Crippen molar-refractivity contribution in [1.29, 1.82) is 0 Å². The fourth-order valence-corrected chi connectivity index (χ4v) is 8.37. The van der Waals surface area contributed by atoms with E-state index in [1.807, 2.05) is 18.2 Å². The van der Waals surface area contributed by atoms with Crippen molar-refractivity contribution in [2.75, 3.05) is 31.6 Å². The number of amides is 3. The first-order chi connectivity index (χ1) is 26.1. The summed E-state index contributed by atoms with van der Waals surface area (Å²) in [6, 6.07) is 6.66. The number of hydrogen-bond donors (Lipinski definition) is 2. The molecule has 284 valence electrons. The van der Waals surface area contributed by atoms with Crippen molar-refractivity contribution in [1.82, 2.24) is 43.7 Å². The molecule has 0 spiro atoms. The number of morpholine rings is 1. The third kappa shape index (κ3) is 6.93. The number of aromatic nitrogens is 7. The zero-order valence-corrected chi connectivity index (χ0v) is 29.9. The highest BCUT2D eigenvalue weighted by Crippen LogP contribution is 2.36. The monoisotopic (exact) mass is 744 g/mol. The number of anilines is 1. The minimum Gasteiger partial charge on any atom is -0.376 e. The molecule has 2 N–H and O–H groups in total. The topological polar surface area (TPSA) is 163 Å². The number of piperidine rings is 1. The van der Waals surface area contributed by atoms with Crippen LogP contribution < -0.4 is 16.3 Å². The Balaban J connectivity index is 0.862. The van der Waals surface area contributed by atoms with Gasteiger partial charge in [-0.05, 0) is 68.6 Å². The number of imide groups is 1. The van der Waals surface area contributed by atoms with Gasteiger partial charge in [-0.3, -0.25) is 38.4 Å². The van der Waals surface area contributed by atoms with E-state index in [0.29, 0.717) is 30.1 Å². The molecule has 15 nitrogen and oxygen atoms in total. The molecular formula is C37H42F2N10O5. The summed E-state index contributed by atoms with van der Waals surface area (Å²) < 4.78 is 40.4. The summed E-state index contributed by atoms with van der Waals surface area (Å²) in [5.41, 5.74) is 2.22. The number of imidazole rings is 1. The highest BCUT2D eigenvalue weighted by molar-refractivity contribution is 6.08. The zero-order chi connectivity index (χ0) is 37.5. The van der Waals surface area contributed by atoms with Crippen LogP contribution in [0.5, 0.6) is 0 Å². The molecule has 17 heteroatoms. The van der Waals surface area contributed by atoms with Gasteiger partial charge in [0.2, 0.25) is 11.8 Å². The van der Waals surface area contributed by atoms with Crippen LogP contribution in [0.25, 0.3) is 16.7 Å². The number of nitrogens with one attached hydrogen (secondary N) is 2. The Labute approximate surface area is 308 Å². The van der Waals surface area contributed by atoms with Crippen molar-refractivity contribution in [2.45, 2.75) is 76.0 Å². The van der Waals surface area contributed by atoms with Gasteiger partial charge >= 0.3 is 5.69 Å². The molecule has 1 saturated carbocycles. The Kier molecular flexibility index (Phi) is 9.83. The second-order valence-corrected chi connectivity index (χ2v) is 14.5. The molecule has 1 unspecified atom stereocenters. The summed E-state index contributed by atoms with van der Waals surface area (Å²) in [5, 5.41) is 13.3. The van der Waals surface area contributed by atoms with Crippen LogP contribution in [-0.4, -0.2) is 88.5 Å². The first-order valence-electron chi connectivity index (χ1n) is 18.5. The van der Waals surface area contributed by atoms with Crippen LogP contribution in [0.1, 0.15) is 85.1 Å². The molecule has 3 amide bonds. The van der Waals surface area contributed by atoms with Crippen LogP contribution in [0.3, 0.4) is 0 Å². The first-order valence-corrected chi connectivity index (χ1v) is 18.5. The van der Waals surface area contributed by atoms with Gasteiger partial charge in [-0.2, -0.15) is 10.2 Å². The van der Waals surface area contributed by atoms with Gasteiger partial charge in [0.05, 0.1) is 41.7 Å². The number of carbonyl (C=O) groups is 3. The van der Waals surface area contributed by atoms with Crippen molar-refractivity contribution in [3.05, 3.63) is 76.4 Å². The average molecular weight is 745 g/mol. The predicted octanol–water partition coefficient (Wildman–Crippen LogP) is 3.81. The van der Waals surface area contributed by atoms with E-state index in [-0.39, 0.29) is 47.8 Å². The lowest BCUT2D eigenvalue weighted by Gasteiger charge is -2.37. The quantitative estimate of drug-likeness (QED) is 0.203. The summed E-state index contributed by atoms with van der Waals surface area (Å²) in [7, 11) is 1.72. The normalized spacial score (nSPS) is 22.7. The zero-order valence-electron chi connectivity index (χ0n) is 29.9. The molecule has 1 aromatic carbocycles. The number of carbonyl (C=O) groups excluding carboxylic acids is 3. The molecule has 3 aliphatic rings. The Morgan fingerprint density at radius 2 is 1.94 bits per heavy atom. The fraction of sp³-hybridized carbons (Fsp3) is 0.486. The molecule has 2 atom stereocenters. The van der Waals surface area contributed by atoms with Crippen LogP contribution in [0, 0.1) is 5.92 Å². The maximum atomic E-state index is 14.0. The first kappa shape index (κ1) is 35.7. The number of aryl methyl sites for hydroxylation is 2. The summed E-state index contributed by atoms with van der Waals surface area (Å²) in [4.78, 5) is 57.4. The van der Waals surface area contributed by atoms with E-state index in [9.17, 15) is 28.0 Å². The summed E-state index contributed by atoms with van der Waals surface area (Å²) in [5.74, 6) is -0.907. The molecule has 6 heterocycles. The van der Waals surface area contributed by atoms with Gasteiger partial charge < -0.3 is 10.1 Å². The van der Waals surface area contributed by atoms with Crippen LogP contribution in [0.2, 0.25) is 0 Å². The smallest absolute Gasteiger partial charge is 0.329 e. The van der Waals surface area contributed by atoms with Crippen molar-refractivity contribution >= 4 is 40.1 Å². The average Bonchev–Trinajstić information content (AvgIpc) is 3.86. The van der Waals surface area contributed by atoms with Crippen LogP contribution >= 0.6 is 0 Å². The number of alkyl halides is 2. The van der Waals surface area contributed by atoms with Crippen molar-refractivity contribution in [3.63, 3.8) is 0 Å². The lowest BCUT2D eigenvalue weighted by molar-refractivity contribution is -0.135. The van der Waals surface area contributed by atoms with Crippen molar-refractivity contribution in [3.8, 4) is 0 Å². The molecule has 2 aliphatic heterocycles. The molecule has 5 aromatic rings. The number of ether oxygens (including phenoxy) is 1. The lowest BCUT2D eigenvalue weighted by atomic mass is 9.85. The van der Waals surface area contributed by atoms with Crippen molar-refractivity contribution in [2.24, 2.45) is 13.0 Å². The largest absolute Gasteiger partial charge is 0.376 e. The van der Waals surface area contributed by atoms with E-state index in [2.05, 4.69) is 30.7 Å². The van der Waals surface area contributed by atoms with E-state index in [0.717, 1.165) is 62.8 Å². The van der Waals surface area contributed by atoms with Crippen LogP contribution in [0.4, 0.5) is 14.5 Å². The Bertz CT molecular complexity index is 2270. The molecule has 4 aromatic heterocycles. The summed E-state index contributed by atoms with van der Waals surface area (Å²) in [6.45, 7) is 3.16. The Morgan fingerprint density at radius 1 is 1.11 bits per heavy atom. The van der Waals surface area contributed by atoms with E-state index < -0.39 is 30.0 Å². The van der Waals surface area contributed by atoms with Gasteiger partial charge in [0.15, 0.2) is 11.3 Å². The molecule has 2 saturated heterocycles. The number of benzene rings is 1. The van der Waals surface area contributed by atoms with E-state index in [1.54, 1.807) is 28.6 Å². The molecule has 0 bridgehead atoms. The molecule has 54 heavy (non-hydrogen) atoms. The third-order valence-corrected chi connectivity index (χ3v) is 11.1. The molecule has 1 aliphatic carbocycles. The van der Waals surface area contributed by atoms with Gasteiger partial charge in [-0.1, -0.05) is 12.1 Å². The van der Waals surface area contributed by atoms with Crippen molar-refractivity contribution < 1.29 is 27.9 Å². The minimum absolute atomic E-state index is 0.0154. The van der Waals surface area contributed by atoms with E-state index in [4.69, 9.17) is 4.74 Å². The van der Waals surface area contributed by atoms with Gasteiger partial charge in [-0.25, -0.2) is 23.1 Å². The van der Waals surface area contributed by atoms with Gasteiger partial charge in [0.25, 0.3) is 12.3 Å². The highest BCUT2D eigenvalue weighted by Gasteiger charge is 2.33. The number of rotatable bonds is 10. The van der Waals surface area contributed by atoms with Gasteiger partial charge in [0, 0.05) is 51.7 Å². The maximum absolute atomic E-state index is 14.0. The molecule has 3 fully saturated rings. The lowest BCUT2D eigenvalue weighted by Crippen LogP contribution is -2.45. The van der Waals surface area contributed by atoms with Crippen LogP contribution in [0.15, 0.2) is 53.8 Å². The Hall–Kier alpha value is -5.29. The number of halogens is 2. The third-order valence-electron chi connectivity index (χ3n) is 11.1. The number of para-hydroxylation sites is 1. The molecule has 8 rings (SSSR count). The summed E-state index contributed by atoms with van der Waals surface area (Å²) in [6.07, 6.45) is 8.57. The van der Waals surface area contributed by atoms with Gasteiger partial charge in [0.1, 0.15) is 11.6 Å². The molecular weight excluding hydrogens is 702 g/mol. The maximum Gasteiger partial charge on any atom is 0.329 e. The van der Waals surface area contributed by atoms with Crippen LogP contribution in [-0.2, 0) is 27.8 Å². The predicted molar refractivity (Wildman–Crippen MR) is 192 cm³/mol. The number of nitrogens with zero attached hydrogens (tertiary/aromatic N) is 8. The van der Waals surface area contributed by atoms with Gasteiger partial charge in [-0.15, -0.1) is 0 Å². The van der Waals surface area contributed by atoms with E-state index >= 15 is 0 Å². The number of fused-ring (bicyclic) bond motifs is 2. The SMILES string of the molecule is Cn1c(=O)n(C2CCC(=O)NC2=O)c2cccc(CC[C@H]3CN(CC4CCC(n5cc(NC(=O)c6cnn7cccnc67)c(C(F)F)n5)CC4)CCO3)c21. The fourth-order valence-electron chi connectivity index (χ4n) is 8.37. The highest BCUT2D eigenvalue weighted by atomic mass is 19.3. The minimum atomic E-state index is -2.85. The standard InChI is InChI=1S/C37H42F2N10O5/c1-45-32-23(4-2-5-28(32)49(37(45)53)29-12-13-30(50)43-36(29)52)8-11-25-20-46(16-17-54-25)19-22-6-9-24(10-7-22)48-21-27(31(44-48)33(38)39)42-35(51)26-18-41-47-15-3-14-40-34(26)47/h2-5,14-15,18,21-22,24-25,29,33H,6-13,16-17,19-20H2,1H3,(H,42,51)(H,43,50,52)/t22?,24?,25-,29?/m0/s1. The Morgan fingerprint density at radius 3 is 2.74 bits per heavy atom. The second-order valence-electron chi connectivity index (χ2n) is 14.5.